The molecule has 1 heterocycles. The van der Waals surface area contributed by atoms with Crippen LogP contribution in [0.1, 0.15) is 33.6 Å². The van der Waals surface area contributed by atoms with Gasteiger partial charge in [-0.25, -0.2) is 8.42 Å². The number of rotatable bonds is 5. The van der Waals surface area contributed by atoms with Gasteiger partial charge in [0, 0.05) is 29.9 Å². The van der Waals surface area contributed by atoms with E-state index in [1.165, 1.54) is 25.3 Å². The molecule has 0 amide bonds. The molecule has 1 N–H and O–H groups in total. The normalized spacial score (nSPS) is 16.8. The van der Waals surface area contributed by atoms with Gasteiger partial charge in [-0.1, -0.05) is 24.3 Å². The van der Waals surface area contributed by atoms with E-state index in [9.17, 15) is 18.0 Å². The highest BCUT2D eigenvalue weighted by atomic mass is 32.2. The number of allylic oxidation sites excluding steroid dienone is 2. The molecular formula is C21H20N2O5S. The number of nitrogens with zero attached hydrogens (tertiary/aromatic N) is 1. The van der Waals surface area contributed by atoms with Crippen LogP contribution in [-0.4, -0.2) is 45.1 Å². The third-order valence-electron chi connectivity index (χ3n) is 5.09. The van der Waals surface area contributed by atoms with Gasteiger partial charge in [-0.3, -0.25) is 14.3 Å². The lowest BCUT2D eigenvalue weighted by molar-refractivity contribution is 0.0953. The van der Waals surface area contributed by atoms with E-state index in [0.717, 1.165) is 12.8 Å². The van der Waals surface area contributed by atoms with Crippen LogP contribution in [0.2, 0.25) is 0 Å². The highest BCUT2D eigenvalue weighted by Gasteiger charge is 2.41. The van der Waals surface area contributed by atoms with Crippen LogP contribution in [0.4, 0.5) is 5.69 Å². The second-order valence-corrected chi connectivity index (χ2v) is 8.53. The first-order valence-corrected chi connectivity index (χ1v) is 10.8. The second kappa shape index (κ2) is 7.36. The minimum absolute atomic E-state index is 0.0350. The van der Waals surface area contributed by atoms with Crippen LogP contribution in [0.25, 0.3) is 0 Å². The Hall–Kier alpha value is -3.13. The van der Waals surface area contributed by atoms with E-state index in [0.29, 0.717) is 18.8 Å². The number of carbonyl (C=O) groups is 2. The summed E-state index contributed by atoms with van der Waals surface area (Å²) in [5.41, 5.74) is 0.587. The lowest BCUT2D eigenvalue weighted by atomic mass is 9.92. The van der Waals surface area contributed by atoms with E-state index in [2.05, 4.69) is 4.72 Å². The highest BCUT2D eigenvalue weighted by Crippen LogP contribution is 2.33. The minimum Gasteiger partial charge on any atom is -0.497 e. The minimum atomic E-state index is -4.29. The van der Waals surface area contributed by atoms with Gasteiger partial charge in [0.1, 0.15) is 11.4 Å². The van der Waals surface area contributed by atoms with Crippen molar-refractivity contribution >= 4 is 27.3 Å². The van der Waals surface area contributed by atoms with Crippen molar-refractivity contribution in [2.75, 3.05) is 24.9 Å². The Labute approximate surface area is 169 Å². The third kappa shape index (κ3) is 3.40. The standard InChI is InChI=1S/C21H20N2O5S/c1-28-15-10-8-14(9-11-15)22-29(26,27)21-18(23-12-4-5-13-23)19(24)16-6-2-3-7-17(16)20(21)25/h2-3,6-11,22H,4-5,12-13H2,1H3. The van der Waals surface area contributed by atoms with Crippen molar-refractivity contribution in [3.05, 3.63) is 70.3 Å². The highest BCUT2D eigenvalue weighted by molar-refractivity contribution is 7.97. The maximum absolute atomic E-state index is 13.2. The molecule has 1 saturated heterocycles. The molecule has 29 heavy (non-hydrogen) atoms. The van der Waals surface area contributed by atoms with Crippen molar-refractivity contribution in [2.24, 2.45) is 0 Å². The van der Waals surface area contributed by atoms with Gasteiger partial charge >= 0.3 is 0 Å². The molecule has 1 aliphatic heterocycles. The van der Waals surface area contributed by atoms with Crippen molar-refractivity contribution in [2.45, 2.75) is 12.8 Å². The average molecular weight is 412 g/mol. The van der Waals surface area contributed by atoms with E-state index in [1.54, 1.807) is 35.2 Å². The molecule has 0 spiro atoms. The Morgan fingerprint density at radius 3 is 2.07 bits per heavy atom. The summed E-state index contributed by atoms with van der Waals surface area (Å²) in [5, 5.41) is 0. The van der Waals surface area contributed by atoms with Gasteiger partial charge < -0.3 is 9.64 Å². The fourth-order valence-corrected chi connectivity index (χ4v) is 5.06. The maximum Gasteiger partial charge on any atom is 0.268 e. The number of sulfonamides is 1. The monoisotopic (exact) mass is 412 g/mol. The number of hydrogen-bond donors (Lipinski definition) is 1. The molecule has 8 heteroatoms. The van der Waals surface area contributed by atoms with Crippen molar-refractivity contribution in [1.29, 1.82) is 0 Å². The molecule has 0 atom stereocenters. The second-order valence-electron chi connectivity index (χ2n) is 6.91. The van der Waals surface area contributed by atoms with E-state index >= 15 is 0 Å². The molecule has 1 aliphatic carbocycles. The molecule has 2 aliphatic rings. The van der Waals surface area contributed by atoms with Crippen molar-refractivity contribution in [3.8, 4) is 5.75 Å². The molecule has 0 aromatic heterocycles. The smallest absolute Gasteiger partial charge is 0.268 e. The molecule has 2 aromatic carbocycles. The first kappa shape index (κ1) is 19.2. The molecule has 0 saturated carbocycles. The first-order chi connectivity index (χ1) is 13.9. The summed E-state index contributed by atoms with van der Waals surface area (Å²) < 4.78 is 34.0. The Morgan fingerprint density at radius 2 is 1.48 bits per heavy atom. The summed E-state index contributed by atoms with van der Waals surface area (Å²) in [5.74, 6) is -0.525. The van der Waals surface area contributed by atoms with E-state index in [-0.39, 0.29) is 22.5 Å². The van der Waals surface area contributed by atoms with Gasteiger partial charge in [0.05, 0.1) is 7.11 Å². The number of likely N-dealkylation sites (tertiary alicyclic amines) is 1. The number of carbonyl (C=O) groups excluding carboxylic acids is 2. The van der Waals surface area contributed by atoms with E-state index < -0.39 is 26.5 Å². The lowest BCUT2D eigenvalue weighted by Crippen LogP contribution is -2.36. The summed E-state index contributed by atoms with van der Waals surface area (Å²) in [6.45, 7) is 1.08. The zero-order chi connectivity index (χ0) is 20.6. The predicted molar refractivity (Wildman–Crippen MR) is 108 cm³/mol. The van der Waals surface area contributed by atoms with Crippen LogP contribution in [-0.2, 0) is 10.0 Å². The predicted octanol–water partition coefficient (Wildman–Crippen LogP) is 2.82. The number of ether oxygens (including phenoxy) is 1. The summed E-state index contributed by atoms with van der Waals surface area (Å²) in [7, 11) is -2.78. The first-order valence-electron chi connectivity index (χ1n) is 9.27. The van der Waals surface area contributed by atoms with Gasteiger partial charge in [-0.2, -0.15) is 0 Å². The van der Waals surface area contributed by atoms with E-state index in [4.69, 9.17) is 4.74 Å². The molecule has 0 unspecified atom stereocenters. The quantitative estimate of drug-likeness (QED) is 0.812. The topological polar surface area (TPSA) is 92.8 Å². The molecule has 1 fully saturated rings. The maximum atomic E-state index is 13.2. The Morgan fingerprint density at radius 1 is 0.897 bits per heavy atom. The molecular weight excluding hydrogens is 392 g/mol. The third-order valence-corrected chi connectivity index (χ3v) is 6.51. The Balaban J connectivity index is 1.82. The summed E-state index contributed by atoms with van der Waals surface area (Å²) in [6, 6.07) is 12.6. The SMILES string of the molecule is COc1ccc(NS(=O)(=O)C2=C(N3CCCC3)C(=O)c3ccccc3C2=O)cc1. The lowest BCUT2D eigenvalue weighted by Gasteiger charge is -2.27. The largest absolute Gasteiger partial charge is 0.497 e. The van der Waals surface area contributed by atoms with Crippen molar-refractivity contribution in [1.82, 2.24) is 4.90 Å². The van der Waals surface area contributed by atoms with Gasteiger partial charge in [0.15, 0.2) is 4.91 Å². The fraction of sp³-hybridized carbons (Fsp3) is 0.238. The van der Waals surface area contributed by atoms with Gasteiger partial charge in [-0.15, -0.1) is 0 Å². The summed E-state index contributed by atoms with van der Waals surface area (Å²) in [4.78, 5) is 27.6. The number of hydrogen-bond acceptors (Lipinski definition) is 6. The molecule has 150 valence electrons. The van der Waals surface area contributed by atoms with Gasteiger partial charge in [-0.05, 0) is 37.1 Å². The van der Waals surface area contributed by atoms with Crippen molar-refractivity contribution in [3.63, 3.8) is 0 Å². The molecule has 7 nitrogen and oxygen atoms in total. The number of benzene rings is 2. The van der Waals surface area contributed by atoms with Gasteiger partial charge in [0.25, 0.3) is 10.0 Å². The van der Waals surface area contributed by atoms with Crippen LogP contribution in [0, 0.1) is 0 Å². The number of fused-ring (bicyclic) bond motifs is 1. The number of nitrogens with one attached hydrogen (secondary N) is 1. The summed E-state index contributed by atoms with van der Waals surface area (Å²) >= 11 is 0. The number of methoxy groups -OCH3 is 1. The van der Waals surface area contributed by atoms with Crippen LogP contribution < -0.4 is 9.46 Å². The number of Topliss-reactive ketones (excluding diaryl/α,β-unsaturated/α-hetero) is 2. The Bertz CT molecular complexity index is 1110. The number of anilines is 1. The van der Waals surface area contributed by atoms with Crippen LogP contribution >= 0.6 is 0 Å². The van der Waals surface area contributed by atoms with E-state index in [1.807, 2.05) is 0 Å². The zero-order valence-electron chi connectivity index (χ0n) is 15.8. The van der Waals surface area contributed by atoms with Crippen LogP contribution in [0.3, 0.4) is 0 Å². The van der Waals surface area contributed by atoms with Crippen molar-refractivity contribution < 1.29 is 22.7 Å². The zero-order valence-corrected chi connectivity index (χ0v) is 16.7. The summed E-state index contributed by atoms with van der Waals surface area (Å²) in [6.07, 6.45) is 1.68. The van der Waals surface area contributed by atoms with Gasteiger partial charge in [0.2, 0.25) is 11.6 Å². The number of ketones is 2. The molecule has 2 aromatic rings. The fourth-order valence-electron chi connectivity index (χ4n) is 3.68. The Kier molecular flexibility index (Phi) is 4.87. The molecule has 0 bridgehead atoms. The average Bonchev–Trinajstić information content (AvgIpc) is 3.25. The van der Waals surface area contributed by atoms with Crippen LogP contribution in [0.5, 0.6) is 5.75 Å². The molecule has 0 radical (unpaired) electrons. The molecule has 4 rings (SSSR count). The van der Waals surface area contributed by atoms with Crippen LogP contribution in [0.15, 0.2) is 59.1 Å².